The summed E-state index contributed by atoms with van der Waals surface area (Å²) in [5, 5.41) is 18.8. The van der Waals surface area contributed by atoms with Gasteiger partial charge >= 0.3 is 0 Å². The molecule has 1 aliphatic carbocycles. The minimum absolute atomic E-state index is 0.109. The monoisotopic (exact) mass is 400 g/mol. The number of nitrogens with zero attached hydrogens (tertiary/aromatic N) is 4. The van der Waals surface area contributed by atoms with E-state index in [4.69, 9.17) is 5.73 Å². The van der Waals surface area contributed by atoms with Crippen molar-refractivity contribution in [2.75, 3.05) is 5.73 Å². The highest BCUT2D eigenvalue weighted by atomic mass is 16.3. The molecule has 30 heavy (non-hydrogen) atoms. The first kappa shape index (κ1) is 18.7. The van der Waals surface area contributed by atoms with E-state index in [-0.39, 0.29) is 12.0 Å². The van der Waals surface area contributed by atoms with Crippen LogP contribution in [0.15, 0.2) is 55.5 Å². The molecule has 4 aromatic rings. The molecule has 1 aromatic carbocycles. The van der Waals surface area contributed by atoms with Crippen LogP contribution in [0.4, 0.5) is 5.82 Å². The average molecular weight is 400 g/mol. The highest BCUT2D eigenvalue weighted by Crippen LogP contribution is 2.44. The third kappa shape index (κ3) is 2.94. The van der Waals surface area contributed by atoms with Gasteiger partial charge in [0.1, 0.15) is 18.1 Å². The van der Waals surface area contributed by atoms with Crippen molar-refractivity contribution in [3.05, 3.63) is 66.8 Å². The van der Waals surface area contributed by atoms with Gasteiger partial charge in [0, 0.05) is 40.9 Å². The Labute approximate surface area is 174 Å². The molecule has 0 bridgehead atoms. The van der Waals surface area contributed by atoms with Gasteiger partial charge in [-0.15, -0.1) is 0 Å². The molecule has 3 heterocycles. The number of aromatic nitrogens is 4. The van der Waals surface area contributed by atoms with Gasteiger partial charge in [0.2, 0.25) is 0 Å². The number of hydrogen-bond donors (Lipinski definition) is 3. The van der Waals surface area contributed by atoms with Crippen LogP contribution in [0.2, 0.25) is 0 Å². The van der Waals surface area contributed by atoms with Crippen LogP contribution < -0.4 is 11.1 Å². The Morgan fingerprint density at radius 1 is 1.33 bits per heavy atom. The fraction of sp³-hybridized carbons (Fsp3) is 0.261. The van der Waals surface area contributed by atoms with Crippen molar-refractivity contribution in [1.82, 2.24) is 24.9 Å². The number of aliphatic hydroxyl groups excluding tert-OH is 1. The molecule has 7 heteroatoms. The summed E-state index contributed by atoms with van der Waals surface area (Å²) in [6, 6.07) is 10.3. The van der Waals surface area contributed by atoms with Gasteiger partial charge < -0.3 is 10.8 Å². The Morgan fingerprint density at radius 2 is 2.17 bits per heavy atom. The SMILES string of the molecule is C=CC(O)N[C@@H]1Cc2c(c(-c3cnc4ccccc4c3)c3c(N)ncnn23)[C@@H](C)C1. The number of nitrogen functional groups attached to an aromatic ring is 1. The average Bonchev–Trinajstić information content (AvgIpc) is 3.09. The quantitative estimate of drug-likeness (QED) is 0.360. The van der Waals surface area contributed by atoms with Gasteiger partial charge in [0.15, 0.2) is 5.82 Å². The van der Waals surface area contributed by atoms with Crippen LogP contribution in [0.5, 0.6) is 0 Å². The largest absolute Gasteiger partial charge is 0.382 e. The number of nitrogens with one attached hydrogen (secondary N) is 1. The lowest BCUT2D eigenvalue weighted by molar-refractivity contribution is 0.160. The van der Waals surface area contributed by atoms with Gasteiger partial charge in [-0.25, -0.2) is 9.50 Å². The molecule has 0 radical (unpaired) electrons. The second kappa shape index (κ2) is 7.19. The summed E-state index contributed by atoms with van der Waals surface area (Å²) in [4.78, 5) is 8.93. The number of aliphatic hydroxyl groups is 1. The maximum absolute atomic E-state index is 10.00. The van der Waals surface area contributed by atoms with Crippen LogP contribution in [0, 0.1) is 0 Å². The summed E-state index contributed by atoms with van der Waals surface area (Å²) >= 11 is 0. The van der Waals surface area contributed by atoms with Crippen LogP contribution in [0.3, 0.4) is 0 Å². The zero-order valence-corrected chi connectivity index (χ0v) is 16.8. The van der Waals surface area contributed by atoms with Gasteiger partial charge in [-0.2, -0.15) is 5.10 Å². The van der Waals surface area contributed by atoms with E-state index >= 15 is 0 Å². The van der Waals surface area contributed by atoms with Gasteiger partial charge in [-0.1, -0.05) is 31.7 Å². The maximum atomic E-state index is 10.00. The molecule has 1 unspecified atom stereocenters. The predicted molar refractivity (Wildman–Crippen MR) is 118 cm³/mol. The molecule has 4 N–H and O–H groups in total. The molecule has 5 rings (SSSR count). The number of fused-ring (bicyclic) bond motifs is 4. The molecule has 7 nitrogen and oxygen atoms in total. The molecule has 1 aliphatic rings. The van der Waals surface area contributed by atoms with Crippen molar-refractivity contribution in [1.29, 1.82) is 0 Å². The molecule has 0 saturated carbocycles. The van der Waals surface area contributed by atoms with Gasteiger partial charge in [0.25, 0.3) is 0 Å². The summed E-state index contributed by atoms with van der Waals surface area (Å²) in [6.07, 6.45) is 5.77. The van der Waals surface area contributed by atoms with Crippen molar-refractivity contribution in [3.8, 4) is 11.1 Å². The highest BCUT2D eigenvalue weighted by Gasteiger charge is 2.33. The number of para-hydroxylation sites is 1. The first-order valence-corrected chi connectivity index (χ1v) is 10.1. The van der Waals surface area contributed by atoms with E-state index in [9.17, 15) is 5.11 Å². The Hall–Kier alpha value is -3.29. The Balaban J connectivity index is 1.73. The standard InChI is InChI=1S/C23H24N6O/c1-3-19(30)28-16-8-13(2)20-18(10-16)29-22(23(24)26-12-27-29)21(20)15-9-14-6-4-5-7-17(14)25-11-15/h3-7,9,11-13,16,19,28,30H,1,8,10H2,2H3,(H2,24,26,27)/t13-,16-,19?/m0/s1. The van der Waals surface area contributed by atoms with Gasteiger partial charge in [-0.3, -0.25) is 10.3 Å². The molecule has 0 saturated heterocycles. The van der Waals surface area contributed by atoms with Crippen LogP contribution in [-0.2, 0) is 6.42 Å². The molecule has 3 atom stereocenters. The number of pyridine rings is 1. The van der Waals surface area contributed by atoms with Crippen molar-refractivity contribution >= 4 is 22.2 Å². The maximum Gasteiger partial charge on any atom is 0.151 e. The van der Waals surface area contributed by atoms with Crippen LogP contribution in [0.25, 0.3) is 27.5 Å². The van der Waals surface area contributed by atoms with Crippen molar-refractivity contribution in [3.63, 3.8) is 0 Å². The van der Waals surface area contributed by atoms with Crippen LogP contribution in [-0.4, -0.2) is 37.0 Å². The Bertz CT molecular complexity index is 1260. The third-order valence-electron chi connectivity index (χ3n) is 5.97. The Morgan fingerprint density at radius 3 is 3.00 bits per heavy atom. The molecular formula is C23H24N6O. The van der Waals surface area contributed by atoms with Gasteiger partial charge in [0.05, 0.1) is 5.52 Å². The second-order valence-corrected chi connectivity index (χ2v) is 7.94. The van der Waals surface area contributed by atoms with E-state index in [1.165, 1.54) is 18.0 Å². The highest BCUT2D eigenvalue weighted by molar-refractivity contribution is 5.94. The predicted octanol–water partition coefficient (Wildman–Crippen LogP) is 3.04. The summed E-state index contributed by atoms with van der Waals surface area (Å²) in [7, 11) is 0. The minimum Gasteiger partial charge on any atom is -0.382 e. The lowest BCUT2D eigenvalue weighted by atomic mass is 9.81. The molecule has 0 fully saturated rings. The van der Waals surface area contributed by atoms with E-state index in [0.29, 0.717) is 5.82 Å². The first-order valence-electron chi connectivity index (χ1n) is 10.1. The fourth-order valence-corrected chi connectivity index (χ4v) is 4.72. The van der Waals surface area contributed by atoms with Crippen molar-refractivity contribution in [2.45, 2.75) is 38.0 Å². The van der Waals surface area contributed by atoms with Crippen molar-refractivity contribution < 1.29 is 5.11 Å². The van der Waals surface area contributed by atoms with Gasteiger partial charge in [-0.05, 0) is 36.1 Å². The summed E-state index contributed by atoms with van der Waals surface area (Å²) in [5.41, 5.74) is 12.5. The zero-order valence-electron chi connectivity index (χ0n) is 16.8. The van der Waals surface area contributed by atoms with Crippen LogP contribution >= 0.6 is 0 Å². The molecular weight excluding hydrogens is 376 g/mol. The number of benzene rings is 1. The molecule has 0 aliphatic heterocycles. The van der Waals surface area contributed by atoms with Crippen LogP contribution in [0.1, 0.15) is 30.5 Å². The summed E-state index contributed by atoms with van der Waals surface area (Å²) < 4.78 is 1.91. The zero-order chi connectivity index (χ0) is 20.8. The number of nitrogens with two attached hydrogens (primary N) is 1. The smallest absolute Gasteiger partial charge is 0.151 e. The molecule has 0 amide bonds. The molecule has 3 aromatic heterocycles. The van der Waals surface area contributed by atoms with E-state index in [1.54, 1.807) is 0 Å². The minimum atomic E-state index is -0.737. The number of anilines is 1. The van der Waals surface area contributed by atoms with E-state index in [1.807, 2.05) is 28.9 Å². The lowest BCUT2D eigenvalue weighted by Crippen LogP contribution is -2.41. The second-order valence-electron chi connectivity index (χ2n) is 7.94. The fourth-order valence-electron chi connectivity index (χ4n) is 4.72. The molecule has 0 spiro atoms. The number of hydrogen-bond acceptors (Lipinski definition) is 6. The van der Waals surface area contributed by atoms with E-state index in [2.05, 4.69) is 46.0 Å². The van der Waals surface area contributed by atoms with Crippen molar-refractivity contribution in [2.24, 2.45) is 0 Å². The van der Waals surface area contributed by atoms with E-state index in [0.717, 1.165) is 46.1 Å². The lowest BCUT2D eigenvalue weighted by Gasteiger charge is -2.30. The first-order chi connectivity index (χ1) is 14.6. The Kier molecular flexibility index (Phi) is 4.49. The summed E-state index contributed by atoms with van der Waals surface area (Å²) in [5.74, 6) is 0.691. The topological polar surface area (TPSA) is 101 Å². The third-order valence-corrected chi connectivity index (χ3v) is 5.97. The molecule has 152 valence electrons. The summed E-state index contributed by atoms with van der Waals surface area (Å²) in [6.45, 7) is 5.86. The normalized spacial score (nSPS) is 19.7. The number of rotatable bonds is 4. The van der Waals surface area contributed by atoms with E-state index < -0.39 is 6.23 Å².